The first kappa shape index (κ1) is 19.0. The standard InChI is InChI=1S/C14H20N4O2.2ClH/c19-14(11-3-5-15-10-11)17-12-2-1-4-16-13(12)18-6-8-20-9-7-18;;/h1-2,4,11,15H,3,5-10H2,(H,17,19);2*1H. The molecule has 1 amide bonds. The number of morpholine rings is 1. The average molecular weight is 349 g/mol. The van der Waals surface area contributed by atoms with Crippen molar-refractivity contribution in [1.82, 2.24) is 10.3 Å². The fourth-order valence-electron chi connectivity index (χ4n) is 2.63. The summed E-state index contributed by atoms with van der Waals surface area (Å²) in [7, 11) is 0. The number of carbonyl (C=O) groups is 1. The molecule has 8 heteroatoms. The third kappa shape index (κ3) is 4.46. The summed E-state index contributed by atoms with van der Waals surface area (Å²) in [5.41, 5.74) is 0.798. The maximum absolute atomic E-state index is 12.2. The smallest absolute Gasteiger partial charge is 0.228 e. The van der Waals surface area contributed by atoms with Crippen LogP contribution in [0, 0.1) is 5.92 Å². The zero-order chi connectivity index (χ0) is 13.8. The summed E-state index contributed by atoms with van der Waals surface area (Å²) in [5.74, 6) is 0.986. The van der Waals surface area contributed by atoms with Crippen molar-refractivity contribution in [3.63, 3.8) is 0 Å². The quantitative estimate of drug-likeness (QED) is 0.861. The molecule has 2 saturated heterocycles. The molecule has 6 nitrogen and oxygen atoms in total. The van der Waals surface area contributed by atoms with E-state index in [0.29, 0.717) is 13.2 Å². The van der Waals surface area contributed by atoms with Gasteiger partial charge in [-0.2, -0.15) is 0 Å². The van der Waals surface area contributed by atoms with Crippen LogP contribution < -0.4 is 15.5 Å². The van der Waals surface area contributed by atoms with Crippen LogP contribution in [0.1, 0.15) is 6.42 Å². The molecule has 0 spiro atoms. The van der Waals surface area contributed by atoms with Crippen molar-refractivity contribution in [2.75, 3.05) is 49.6 Å². The van der Waals surface area contributed by atoms with Gasteiger partial charge in [0.05, 0.1) is 24.8 Å². The molecule has 2 fully saturated rings. The lowest BCUT2D eigenvalue weighted by Crippen LogP contribution is -2.37. The maximum Gasteiger partial charge on any atom is 0.228 e. The van der Waals surface area contributed by atoms with Crippen molar-refractivity contribution in [1.29, 1.82) is 0 Å². The van der Waals surface area contributed by atoms with Gasteiger partial charge in [-0.25, -0.2) is 4.98 Å². The van der Waals surface area contributed by atoms with E-state index in [1.165, 1.54) is 0 Å². The number of nitrogens with zero attached hydrogens (tertiary/aromatic N) is 2. The predicted molar refractivity (Wildman–Crippen MR) is 91.4 cm³/mol. The molecule has 2 aliphatic heterocycles. The first-order chi connectivity index (χ1) is 9.84. The second-order valence-electron chi connectivity index (χ2n) is 5.15. The summed E-state index contributed by atoms with van der Waals surface area (Å²) in [6.07, 6.45) is 2.66. The molecule has 1 aromatic rings. The summed E-state index contributed by atoms with van der Waals surface area (Å²) in [4.78, 5) is 18.8. The molecular formula is C14H22Cl2N4O2. The van der Waals surface area contributed by atoms with Crippen molar-refractivity contribution < 1.29 is 9.53 Å². The number of rotatable bonds is 3. The first-order valence-corrected chi connectivity index (χ1v) is 7.14. The van der Waals surface area contributed by atoms with Crippen LogP contribution in [0.4, 0.5) is 11.5 Å². The Bertz CT molecular complexity index is 478. The number of nitrogens with one attached hydrogen (secondary N) is 2. The Labute approximate surface area is 142 Å². The molecule has 0 aliphatic carbocycles. The van der Waals surface area contributed by atoms with Crippen LogP contribution in [0.2, 0.25) is 0 Å². The fraction of sp³-hybridized carbons (Fsp3) is 0.571. The molecule has 0 radical (unpaired) electrons. The van der Waals surface area contributed by atoms with E-state index in [-0.39, 0.29) is 36.6 Å². The van der Waals surface area contributed by atoms with E-state index in [1.54, 1.807) is 6.20 Å². The molecule has 2 N–H and O–H groups in total. The SMILES string of the molecule is Cl.Cl.O=C(Nc1cccnc1N1CCOCC1)C1CCNC1. The summed E-state index contributed by atoms with van der Waals surface area (Å²) in [5, 5.41) is 6.24. The predicted octanol–water partition coefficient (Wildman–Crippen LogP) is 1.31. The van der Waals surface area contributed by atoms with Gasteiger partial charge in [-0.05, 0) is 25.1 Å². The molecule has 1 atom stereocenters. The van der Waals surface area contributed by atoms with Crippen molar-refractivity contribution in [2.45, 2.75) is 6.42 Å². The van der Waals surface area contributed by atoms with Gasteiger partial charge in [0.2, 0.25) is 5.91 Å². The second kappa shape index (κ2) is 9.15. The van der Waals surface area contributed by atoms with Gasteiger partial charge in [0.25, 0.3) is 0 Å². The highest BCUT2D eigenvalue weighted by molar-refractivity contribution is 5.95. The van der Waals surface area contributed by atoms with Crippen molar-refractivity contribution in [3.05, 3.63) is 18.3 Å². The molecule has 124 valence electrons. The van der Waals surface area contributed by atoms with Gasteiger partial charge in [-0.1, -0.05) is 0 Å². The van der Waals surface area contributed by atoms with Crippen molar-refractivity contribution in [3.8, 4) is 0 Å². The number of pyridine rings is 1. The van der Waals surface area contributed by atoms with Gasteiger partial charge in [0.15, 0.2) is 5.82 Å². The Morgan fingerprint density at radius 1 is 1.36 bits per heavy atom. The molecule has 3 heterocycles. The van der Waals surface area contributed by atoms with E-state index >= 15 is 0 Å². The number of carbonyl (C=O) groups excluding carboxylic acids is 1. The number of amides is 1. The average Bonchev–Trinajstić information content (AvgIpc) is 3.03. The van der Waals surface area contributed by atoms with E-state index < -0.39 is 0 Å². The minimum Gasteiger partial charge on any atom is -0.378 e. The highest BCUT2D eigenvalue weighted by Crippen LogP contribution is 2.24. The lowest BCUT2D eigenvalue weighted by atomic mass is 10.1. The van der Waals surface area contributed by atoms with Gasteiger partial charge in [0, 0.05) is 25.8 Å². The third-order valence-electron chi connectivity index (χ3n) is 3.79. The van der Waals surface area contributed by atoms with Gasteiger partial charge in [-0.15, -0.1) is 24.8 Å². The molecule has 1 unspecified atom stereocenters. The molecule has 22 heavy (non-hydrogen) atoms. The van der Waals surface area contributed by atoms with Gasteiger partial charge >= 0.3 is 0 Å². The van der Waals surface area contributed by atoms with Crippen LogP contribution >= 0.6 is 24.8 Å². The first-order valence-electron chi connectivity index (χ1n) is 7.14. The second-order valence-corrected chi connectivity index (χ2v) is 5.15. The van der Waals surface area contributed by atoms with E-state index in [9.17, 15) is 4.79 Å². The normalized spacial score (nSPS) is 20.7. The number of halogens is 2. The number of anilines is 2. The fourth-order valence-corrected chi connectivity index (χ4v) is 2.63. The molecule has 1 aromatic heterocycles. The van der Waals surface area contributed by atoms with Gasteiger partial charge in [-0.3, -0.25) is 4.79 Å². The molecule has 3 rings (SSSR count). The largest absolute Gasteiger partial charge is 0.378 e. The highest BCUT2D eigenvalue weighted by atomic mass is 35.5. The molecule has 2 aliphatic rings. The van der Waals surface area contributed by atoms with Crippen LogP contribution in [-0.4, -0.2) is 50.3 Å². The van der Waals surface area contributed by atoms with Crippen LogP contribution in [0.3, 0.4) is 0 Å². The van der Waals surface area contributed by atoms with Gasteiger partial charge in [0.1, 0.15) is 0 Å². The topological polar surface area (TPSA) is 66.5 Å². The Hall–Kier alpha value is -1.08. The summed E-state index contributed by atoms with van der Waals surface area (Å²) >= 11 is 0. The summed E-state index contributed by atoms with van der Waals surface area (Å²) in [6, 6.07) is 3.77. The summed E-state index contributed by atoms with van der Waals surface area (Å²) in [6.45, 7) is 4.71. The van der Waals surface area contributed by atoms with E-state index in [1.807, 2.05) is 12.1 Å². The van der Waals surface area contributed by atoms with Gasteiger partial charge < -0.3 is 20.3 Å². The van der Waals surface area contributed by atoms with Crippen molar-refractivity contribution >= 4 is 42.2 Å². The number of ether oxygens (including phenoxy) is 1. The van der Waals surface area contributed by atoms with Crippen LogP contribution in [0.25, 0.3) is 0 Å². The number of hydrogen-bond donors (Lipinski definition) is 2. The zero-order valence-electron chi connectivity index (χ0n) is 12.3. The molecule has 0 aromatic carbocycles. The van der Waals surface area contributed by atoms with Crippen LogP contribution in [-0.2, 0) is 9.53 Å². The lowest BCUT2D eigenvalue weighted by Gasteiger charge is -2.29. The lowest BCUT2D eigenvalue weighted by molar-refractivity contribution is -0.119. The van der Waals surface area contributed by atoms with Crippen LogP contribution in [0.15, 0.2) is 18.3 Å². The molecular weight excluding hydrogens is 327 g/mol. The monoisotopic (exact) mass is 348 g/mol. The Kier molecular flexibility index (Phi) is 7.89. The van der Waals surface area contributed by atoms with Crippen molar-refractivity contribution in [2.24, 2.45) is 5.92 Å². The minimum absolute atomic E-state index is 0. The number of hydrogen-bond acceptors (Lipinski definition) is 5. The van der Waals surface area contributed by atoms with E-state index in [2.05, 4.69) is 20.5 Å². The molecule has 0 saturated carbocycles. The Morgan fingerprint density at radius 2 is 2.14 bits per heavy atom. The van der Waals surface area contributed by atoms with Crippen LogP contribution in [0.5, 0.6) is 0 Å². The number of aromatic nitrogens is 1. The molecule has 0 bridgehead atoms. The third-order valence-corrected chi connectivity index (χ3v) is 3.79. The Morgan fingerprint density at radius 3 is 2.82 bits per heavy atom. The van der Waals surface area contributed by atoms with E-state index in [0.717, 1.165) is 44.1 Å². The highest BCUT2D eigenvalue weighted by Gasteiger charge is 2.24. The zero-order valence-corrected chi connectivity index (χ0v) is 13.9. The maximum atomic E-state index is 12.2. The minimum atomic E-state index is 0. The van der Waals surface area contributed by atoms with E-state index in [4.69, 9.17) is 4.74 Å². The summed E-state index contributed by atoms with van der Waals surface area (Å²) < 4.78 is 5.36. The Balaban J connectivity index is 0.00000121.